The molecule has 2 N–H and O–H groups in total. The summed E-state index contributed by atoms with van der Waals surface area (Å²) >= 11 is 5.84. The van der Waals surface area contributed by atoms with E-state index in [0.29, 0.717) is 24.0 Å². The van der Waals surface area contributed by atoms with Crippen LogP contribution in [-0.4, -0.2) is 9.97 Å². The average Bonchev–Trinajstić information content (AvgIpc) is 2.94. The van der Waals surface area contributed by atoms with E-state index < -0.39 is 0 Å². The lowest BCUT2D eigenvalue weighted by Crippen LogP contribution is -2.11. The Morgan fingerprint density at radius 3 is 2.70 bits per heavy atom. The van der Waals surface area contributed by atoms with Gasteiger partial charge in [-0.1, -0.05) is 11.6 Å². The molecule has 3 rings (SSSR count). The number of nitrogens with two attached hydrogens (primary N) is 1. The molecule has 4 nitrogen and oxygen atoms in total. The van der Waals surface area contributed by atoms with Crippen molar-refractivity contribution >= 4 is 11.6 Å². The fourth-order valence-electron chi connectivity index (χ4n) is 2.48. The van der Waals surface area contributed by atoms with E-state index in [1.54, 1.807) is 12.1 Å². The molecule has 1 heterocycles. The first-order valence-electron chi connectivity index (χ1n) is 6.72. The monoisotopic (exact) mass is 289 g/mol. The zero-order chi connectivity index (χ0) is 13.9. The maximum absolute atomic E-state index is 5.84. The maximum atomic E-state index is 5.84. The van der Waals surface area contributed by atoms with Gasteiger partial charge >= 0.3 is 0 Å². The second-order valence-corrected chi connectivity index (χ2v) is 5.25. The van der Waals surface area contributed by atoms with E-state index in [9.17, 15) is 0 Å². The second-order valence-electron chi connectivity index (χ2n) is 4.81. The van der Waals surface area contributed by atoms with Gasteiger partial charge in [-0.05, 0) is 49.1 Å². The normalized spacial score (nSPS) is 13.3. The molecule has 1 aromatic heterocycles. The van der Waals surface area contributed by atoms with Crippen molar-refractivity contribution in [3.8, 4) is 5.75 Å². The van der Waals surface area contributed by atoms with Crippen molar-refractivity contribution in [3.63, 3.8) is 0 Å². The predicted molar refractivity (Wildman–Crippen MR) is 77.7 cm³/mol. The van der Waals surface area contributed by atoms with Crippen LogP contribution in [0.25, 0.3) is 0 Å². The van der Waals surface area contributed by atoms with E-state index in [4.69, 9.17) is 22.1 Å². The molecule has 0 fully saturated rings. The van der Waals surface area contributed by atoms with Gasteiger partial charge in [0.2, 0.25) is 0 Å². The SMILES string of the molecule is NCc1nc(COc2ccc(Cl)cc2)nc2c1CCC2. The third kappa shape index (κ3) is 2.76. The molecule has 0 bridgehead atoms. The van der Waals surface area contributed by atoms with Gasteiger partial charge in [0.25, 0.3) is 0 Å². The van der Waals surface area contributed by atoms with Crippen LogP contribution in [-0.2, 0) is 26.0 Å². The quantitative estimate of drug-likeness (QED) is 0.940. The summed E-state index contributed by atoms with van der Waals surface area (Å²) in [5, 5.41) is 0.691. The van der Waals surface area contributed by atoms with Crippen molar-refractivity contribution in [2.75, 3.05) is 0 Å². The van der Waals surface area contributed by atoms with E-state index in [0.717, 1.165) is 36.4 Å². The fraction of sp³-hybridized carbons (Fsp3) is 0.333. The van der Waals surface area contributed by atoms with Gasteiger partial charge in [-0.3, -0.25) is 0 Å². The van der Waals surface area contributed by atoms with Crippen molar-refractivity contribution in [2.45, 2.75) is 32.4 Å². The number of benzene rings is 1. The minimum atomic E-state index is 0.349. The first kappa shape index (κ1) is 13.3. The van der Waals surface area contributed by atoms with E-state index in [1.165, 1.54) is 5.56 Å². The number of ether oxygens (including phenoxy) is 1. The van der Waals surface area contributed by atoms with Crippen LogP contribution in [0.3, 0.4) is 0 Å². The van der Waals surface area contributed by atoms with Gasteiger partial charge in [-0.15, -0.1) is 0 Å². The van der Waals surface area contributed by atoms with Crippen LogP contribution < -0.4 is 10.5 Å². The van der Waals surface area contributed by atoms with Crippen LogP contribution >= 0.6 is 11.6 Å². The van der Waals surface area contributed by atoms with Gasteiger partial charge < -0.3 is 10.5 Å². The Kier molecular flexibility index (Phi) is 3.85. The third-order valence-corrected chi connectivity index (χ3v) is 3.69. The first-order valence-corrected chi connectivity index (χ1v) is 7.10. The molecule has 0 saturated heterocycles. The largest absolute Gasteiger partial charge is 0.486 e. The summed E-state index contributed by atoms with van der Waals surface area (Å²) in [7, 11) is 0. The van der Waals surface area contributed by atoms with Crippen molar-refractivity contribution < 1.29 is 4.74 Å². The van der Waals surface area contributed by atoms with Crippen molar-refractivity contribution in [1.82, 2.24) is 9.97 Å². The van der Waals surface area contributed by atoms with Crippen molar-refractivity contribution in [3.05, 3.63) is 52.1 Å². The Morgan fingerprint density at radius 1 is 1.15 bits per heavy atom. The molecule has 1 aliphatic rings. The van der Waals surface area contributed by atoms with Crippen LogP contribution in [0, 0.1) is 0 Å². The maximum Gasteiger partial charge on any atom is 0.166 e. The highest BCUT2D eigenvalue weighted by Gasteiger charge is 2.18. The van der Waals surface area contributed by atoms with E-state index in [-0.39, 0.29) is 0 Å². The molecular weight excluding hydrogens is 274 g/mol. The minimum Gasteiger partial charge on any atom is -0.486 e. The van der Waals surface area contributed by atoms with Crippen LogP contribution in [0.2, 0.25) is 5.02 Å². The number of hydrogen-bond donors (Lipinski definition) is 1. The Hall–Kier alpha value is -1.65. The van der Waals surface area contributed by atoms with Crippen LogP contribution in [0.4, 0.5) is 0 Å². The Morgan fingerprint density at radius 2 is 1.95 bits per heavy atom. The zero-order valence-corrected chi connectivity index (χ0v) is 11.9. The number of fused-ring (bicyclic) bond motifs is 1. The Bertz CT molecular complexity index is 613. The summed E-state index contributed by atoms with van der Waals surface area (Å²) in [6.45, 7) is 0.806. The van der Waals surface area contributed by atoms with Crippen LogP contribution in [0.15, 0.2) is 24.3 Å². The van der Waals surface area contributed by atoms with E-state index >= 15 is 0 Å². The molecule has 0 amide bonds. The summed E-state index contributed by atoms with van der Waals surface area (Å²) in [6.07, 6.45) is 3.19. The zero-order valence-electron chi connectivity index (χ0n) is 11.1. The number of rotatable bonds is 4. The van der Waals surface area contributed by atoms with E-state index in [1.807, 2.05) is 12.1 Å². The number of nitrogens with zero attached hydrogens (tertiary/aromatic N) is 2. The van der Waals surface area contributed by atoms with Gasteiger partial charge in [-0.2, -0.15) is 0 Å². The lowest BCUT2D eigenvalue weighted by atomic mass is 10.2. The van der Waals surface area contributed by atoms with Crippen LogP contribution in [0.5, 0.6) is 5.75 Å². The molecule has 0 aliphatic heterocycles. The van der Waals surface area contributed by atoms with Gasteiger partial charge in [0.05, 0.1) is 5.69 Å². The Labute approximate surface area is 123 Å². The molecule has 104 valence electrons. The second kappa shape index (κ2) is 5.77. The highest BCUT2D eigenvalue weighted by molar-refractivity contribution is 6.30. The summed E-state index contributed by atoms with van der Waals surface area (Å²) in [4.78, 5) is 9.09. The lowest BCUT2D eigenvalue weighted by Gasteiger charge is -2.10. The molecule has 0 unspecified atom stereocenters. The van der Waals surface area contributed by atoms with Gasteiger partial charge in [0.1, 0.15) is 12.4 Å². The molecular formula is C15H16ClN3O. The fourth-order valence-corrected chi connectivity index (χ4v) is 2.60. The van der Waals surface area contributed by atoms with Gasteiger partial charge in [0.15, 0.2) is 5.82 Å². The topological polar surface area (TPSA) is 61.0 Å². The number of hydrogen-bond acceptors (Lipinski definition) is 4. The predicted octanol–water partition coefficient (Wildman–Crippen LogP) is 2.66. The number of aromatic nitrogens is 2. The van der Waals surface area contributed by atoms with Gasteiger partial charge in [-0.25, -0.2) is 9.97 Å². The summed E-state index contributed by atoms with van der Waals surface area (Å²) < 4.78 is 5.68. The highest BCUT2D eigenvalue weighted by atomic mass is 35.5. The van der Waals surface area contributed by atoms with Gasteiger partial charge in [0, 0.05) is 17.3 Å². The number of halogens is 1. The summed E-state index contributed by atoms with van der Waals surface area (Å²) in [5.41, 5.74) is 9.10. The molecule has 0 saturated carbocycles. The van der Waals surface area contributed by atoms with Crippen molar-refractivity contribution in [2.24, 2.45) is 5.73 Å². The molecule has 0 atom stereocenters. The third-order valence-electron chi connectivity index (χ3n) is 3.44. The molecule has 1 aliphatic carbocycles. The first-order chi connectivity index (χ1) is 9.76. The lowest BCUT2D eigenvalue weighted by molar-refractivity contribution is 0.295. The standard InChI is InChI=1S/C15H16ClN3O/c16-10-4-6-11(7-5-10)20-9-15-18-13-3-1-2-12(13)14(8-17)19-15/h4-7H,1-3,8-9,17H2. The minimum absolute atomic E-state index is 0.349. The summed E-state index contributed by atoms with van der Waals surface area (Å²) in [6, 6.07) is 7.26. The smallest absolute Gasteiger partial charge is 0.166 e. The molecule has 0 spiro atoms. The molecule has 5 heteroatoms. The number of aryl methyl sites for hydroxylation is 1. The van der Waals surface area contributed by atoms with Crippen molar-refractivity contribution in [1.29, 1.82) is 0 Å². The van der Waals surface area contributed by atoms with E-state index in [2.05, 4.69) is 9.97 Å². The highest BCUT2D eigenvalue weighted by Crippen LogP contribution is 2.23. The molecule has 20 heavy (non-hydrogen) atoms. The summed E-state index contributed by atoms with van der Waals surface area (Å²) in [5.74, 6) is 1.45. The average molecular weight is 290 g/mol. The molecule has 1 aromatic carbocycles. The molecule has 2 aromatic rings. The molecule has 0 radical (unpaired) electrons. The van der Waals surface area contributed by atoms with Crippen LogP contribution in [0.1, 0.15) is 29.2 Å². The Balaban J connectivity index is 1.76.